The third kappa shape index (κ3) is 5.78. The van der Waals surface area contributed by atoms with Gasteiger partial charge in [-0.05, 0) is 52.9 Å². The Morgan fingerprint density at radius 3 is 2.74 bits per heavy atom. The van der Waals surface area contributed by atoms with E-state index in [1.165, 1.54) is 6.08 Å². The van der Waals surface area contributed by atoms with E-state index in [1.807, 2.05) is 22.6 Å². The predicted molar refractivity (Wildman–Crippen MR) is 94.8 cm³/mol. The van der Waals surface area contributed by atoms with Crippen LogP contribution in [-0.4, -0.2) is 18.4 Å². The van der Waals surface area contributed by atoms with Gasteiger partial charge < -0.3 is 20.2 Å². The molecule has 6 nitrogen and oxygen atoms in total. The SMILES string of the molecule is NC(=O)CCOc1ccccc1NC(=O)/C=C/c1ccc(I)o1. The van der Waals surface area contributed by atoms with E-state index >= 15 is 0 Å². The fourth-order valence-corrected chi connectivity index (χ4v) is 2.14. The molecule has 2 aromatic rings. The van der Waals surface area contributed by atoms with Crippen LogP contribution in [0.5, 0.6) is 5.75 Å². The molecule has 23 heavy (non-hydrogen) atoms. The maximum Gasteiger partial charge on any atom is 0.248 e. The predicted octanol–water partition coefficient (Wildman–Crippen LogP) is 2.79. The lowest BCUT2D eigenvalue weighted by molar-refractivity contribution is -0.118. The molecule has 0 aliphatic rings. The molecule has 0 spiro atoms. The molecule has 0 unspecified atom stereocenters. The Kier molecular flexibility index (Phi) is 6.21. The van der Waals surface area contributed by atoms with Crippen molar-refractivity contribution in [3.63, 3.8) is 0 Å². The first-order valence-corrected chi connectivity index (χ1v) is 7.87. The van der Waals surface area contributed by atoms with Gasteiger partial charge in [0.25, 0.3) is 0 Å². The highest BCUT2D eigenvalue weighted by atomic mass is 127. The molecule has 0 aliphatic heterocycles. The molecule has 2 rings (SSSR count). The number of primary amides is 1. The first kappa shape index (κ1) is 17.1. The zero-order chi connectivity index (χ0) is 16.7. The van der Waals surface area contributed by atoms with Crippen LogP contribution in [0.2, 0.25) is 0 Å². The third-order valence-electron chi connectivity index (χ3n) is 2.74. The second-order valence-electron chi connectivity index (χ2n) is 4.53. The van der Waals surface area contributed by atoms with Crippen molar-refractivity contribution in [2.75, 3.05) is 11.9 Å². The van der Waals surface area contributed by atoms with Crippen molar-refractivity contribution in [2.45, 2.75) is 6.42 Å². The van der Waals surface area contributed by atoms with E-state index < -0.39 is 5.91 Å². The van der Waals surface area contributed by atoms with Crippen LogP contribution < -0.4 is 15.8 Å². The number of hydrogen-bond acceptors (Lipinski definition) is 4. The number of nitrogens with one attached hydrogen (secondary N) is 1. The Bertz CT molecular complexity index is 724. The molecule has 1 heterocycles. The highest BCUT2D eigenvalue weighted by molar-refractivity contribution is 14.1. The number of furan rings is 1. The molecule has 1 aromatic heterocycles. The maximum absolute atomic E-state index is 12.0. The van der Waals surface area contributed by atoms with Crippen molar-refractivity contribution < 1.29 is 18.7 Å². The van der Waals surface area contributed by atoms with Crippen molar-refractivity contribution in [3.8, 4) is 5.75 Å². The summed E-state index contributed by atoms with van der Waals surface area (Å²) in [6.07, 6.45) is 3.06. The number of benzene rings is 1. The minimum atomic E-state index is -0.442. The summed E-state index contributed by atoms with van der Waals surface area (Å²) in [6.45, 7) is 0.156. The Morgan fingerprint density at radius 1 is 1.26 bits per heavy atom. The van der Waals surface area contributed by atoms with Crippen LogP contribution in [0, 0.1) is 3.77 Å². The molecule has 0 aliphatic carbocycles. The van der Waals surface area contributed by atoms with Gasteiger partial charge in [0.2, 0.25) is 11.8 Å². The molecule has 120 valence electrons. The fraction of sp³-hybridized carbons (Fsp3) is 0.125. The van der Waals surface area contributed by atoms with Crippen LogP contribution >= 0.6 is 22.6 Å². The van der Waals surface area contributed by atoms with E-state index in [1.54, 1.807) is 42.5 Å². The van der Waals surface area contributed by atoms with E-state index in [-0.39, 0.29) is 18.9 Å². The lowest BCUT2D eigenvalue weighted by Crippen LogP contribution is -2.15. The van der Waals surface area contributed by atoms with E-state index in [9.17, 15) is 9.59 Å². The highest BCUT2D eigenvalue weighted by Crippen LogP contribution is 2.24. The van der Waals surface area contributed by atoms with Crippen LogP contribution in [-0.2, 0) is 9.59 Å². The zero-order valence-corrected chi connectivity index (χ0v) is 14.3. The smallest absolute Gasteiger partial charge is 0.248 e. The molecular weight excluding hydrogens is 411 g/mol. The first-order chi connectivity index (χ1) is 11.0. The molecule has 0 atom stereocenters. The van der Waals surface area contributed by atoms with Crippen LogP contribution in [0.1, 0.15) is 12.2 Å². The van der Waals surface area contributed by atoms with Gasteiger partial charge in [0, 0.05) is 6.08 Å². The number of carbonyl (C=O) groups is 2. The average Bonchev–Trinajstić information content (AvgIpc) is 2.92. The summed E-state index contributed by atoms with van der Waals surface area (Å²) in [7, 11) is 0. The summed E-state index contributed by atoms with van der Waals surface area (Å²) in [5, 5.41) is 2.72. The maximum atomic E-state index is 12.0. The van der Waals surface area contributed by atoms with Crippen LogP contribution in [0.15, 0.2) is 46.9 Å². The van der Waals surface area contributed by atoms with Crippen molar-refractivity contribution in [2.24, 2.45) is 5.73 Å². The van der Waals surface area contributed by atoms with E-state index in [2.05, 4.69) is 5.32 Å². The Morgan fingerprint density at radius 2 is 2.04 bits per heavy atom. The second-order valence-corrected chi connectivity index (χ2v) is 5.59. The van der Waals surface area contributed by atoms with Crippen molar-refractivity contribution in [3.05, 3.63) is 52.0 Å². The van der Waals surface area contributed by atoms with Crippen LogP contribution in [0.3, 0.4) is 0 Å². The standard InChI is InChI=1S/C16H15IN2O4/c17-14-7-5-11(23-14)6-8-16(21)19-12-3-1-2-4-13(12)22-10-9-15(18)20/h1-8H,9-10H2,(H2,18,20)(H,19,21)/b8-6+. The van der Waals surface area contributed by atoms with Gasteiger partial charge in [-0.3, -0.25) is 9.59 Å². The van der Waals surface area contributed by atoms with E-state index in [0.29, 0.717) is 17.2 Å². The van der Waals surface area contributed by atoms with Gasteiger partial charge in [0.1, 0.15) is 11.5 Å². The fourth-order valence-electron chi connectivity index (χ4n) is 1.71. The first-order valence-electron chi connectivity index (χ1n) is 6.79. The van der Waals surface area contributed by atoms with Gasteiger partial charge in [0.15, 0.2) is 3.77 Å². The molecule has 2 amide bonds. The van der Waals surface area contributed by atoms with E-state index in [0.717, 1.165) is 3.77 Å². The molecule has 0 saturated carbocycles. The number of halogens is 1. The third-order valence-corrected chi connectivity index (χ3v) is 3.32. The molecule has 0 saturated heterocycles. The van der Waals surface area contributed by atoms with Gasteiger partial charge in [-0.15, -0.1) is 0 Å². The number of rotatable bonds is 7. The molecule has 0 bridgehead atoms. The van der Waals surface area contributed by atoms with Crippen molar-refractivity contribution >= 4 is 46.2 Å². The molecule has 0 fully saturated rings. The molecule has 0 radical (unpaired) electrons. The Labute approximate surface area is 146 Å². The Hall–Kier alpha value is -2.29. The number of amides is 2. The van der Waals surface area contributed by atoms with Gasteiger partial charge >= 0.3 is 0 Å². The molecule has 7 heteroatoms. The minimum absolute atomic E-state index is 0.110. The summed E-state index contributed by atoms with van der Waals surface area (Å²) in [4.78, 5) is 22.7. The summed E-state index contributed by atoms with van der Waals surface area (Å²) in [5.74, 6) is 0.309. The lowest BCUT2D eigenvalue weighted by atomic mass is 10.3. The highest BCUT2D eigenvalue weighted by Gasteiger charge is 2.06. The van der Waals surface area contributed by atoms with Gasteiger partial charge in [-0.1, -0.05) is 12.1 Å². The van der Waals surface area contributed by atoms with Gasteiger partial charge in [-0.25, -0.2) is 0 Å². The number of hydrogen-bond donors (Lipinski definition) is 2. The van der Waals surface area contributed by atoms with Gasteiger partial charge in [0.05, 0.1) is 18.7 Å². The summed E-state index contributed by atoms with van der Waals surface area (Å²) >= 11 is 2.05. The summed E-state index contributed by atoms with van der Waals surface area (Å²) < 4.78 is 11.5. The summed E-state index contributed by atoms with van der Waals surface area (Å²) in [5.41, 5.74) is 5.58. The zero-order valence-electron chi connectivity index (χ0n) is 12.1. The lowest BCUT2D eigenvalue weighted by Gasteiger charge is -2.10. The Balaban J connectivity index is 1.97. The number of carbonyl (C=O) groups excluding carboxylic acids is 2. The molecule has 1 aromatic carbocycles. The second kappa shape index (κ2) is 8.37. The van der Waals surface area contributed by atoms with Crippen molar-refractivity contribution in [1.29, 1.82) is 0 Å². The summed E-state index contributed by atoms with van der Waals surface area (Å²) in [6, 6.07) is 10.5. The van der Waals surface area contributed by atoms with Crippen LogP contribution in [0.25, 0.3) is 6.08 Å². The number of ether oxygens (including phenoxy) is 1. The van der Waals surface area contributed by atoms with Crippen LogP contribution in [0.4, 0.5) is 5.69 Å². The monoisotopic (exact) mass is 426 g/mol. The molecular formula is C16H15IN2O4. The van der Waals surface area contributed by atoms with Gasteiger partial charge in [-0.2, -0.15) is 0 Å². The minimum Gasteiger partial charge on any atom is -0.491 e. The largest absolute Gasteiger partial charge is 0.491 e. The number of anilines is 1. The van der Waals surface area contributed by atoms with Crippen molar-refractivity contribution in [1.82, 2.24) is 0 Å². The number of nitrogens with two attached hydrogens (primary N) is 1. The van der Waals surface area contributed by atoms with E-state index in [4.69, 9.17) is 14.9 Å². The quantitative estimate of drug-likeness (QED) is 0.526. The normalized spacial score (nSPS) is 10.7. The average molecular weight is 426 g/mol. The number of para-hydroxylation sites is 2. The topological polar surface area (TPSA) is 94.6 Å². The molecule has 3 N–H and O–H groups in total.